The second kappa shape index (κ2) is 7.09. The average molecular weight is 382 g/mol. The number of ketones is 2. The van der Waals surface area contributed by atoms with Gasteiger partial charge in [0, 0.05) is 0 Å². The van der Waals surface area contributed by atoms with Gasteiger partial charge < -0.3 is 9.47 Å². The Bertz CT molecular complexity index is 384. The van der Waals surface area contributed by atoms with Crippen LogP contribution in [-0.4, -0.2) is 24.8 Å². The van der Waals surface area contributed by atoms with E-state index in [9.17, 15) is 9.59 Å². The number of ether oxygens (including phenoxy) is 2. The van der Waals surface area contributed by atoms with E-state index in [2.05, 4.69) is 31.9 Å². The van der Waals surface area contributed by atoms with Crippen LogP contribution in [0.2, 0.25) is 0 Å². The van der Waals surface area contributed by atoms with E-state index in [-0.39, 0.29) is 32.0 Å². The van der Waals surface area contributed by atoms with Gasteiger partial charge in [-0.05, 0) is 44.7 Å². The van der Waals surface area contributed by atoms with Gasteiger partial charge in [0.2, 0.25) is 11.6 Å². The Morgan fingerprint density at radius 1 is 0.833 bits per heavy atom. The Morgan fingerprint density at radius 3 is 1.44 bits per heavy atom. The number of hydrogen-bond donors (Lipinski definition) is 0. The highest BCUT2D eigenvalue weighted by molar-refractivity contribution is 9.12. The SMILES string of the molecule is CCCOC1=C(Br)C(=O)C(OCCC)=C(Br)C1=O. The molecule has 100 valence electrons. The molecular weight excluding hydrogens is 368 g/mol. The van der Waals surface area contributed by atoms with E-state index in [1.165, 1.54) is 0 Å². The van der Waals surface area contributed by atoms with Gasteiger partial charge in [-0.2, -0.15) is 0 Å². The van der Waals surface area contributed by atoms with Gasteiger partial charge in [-0.25, -0.2) is 0 Å². The number of halogens is 2. The van der Waals surface area contributed by atoms with Crippen molar-refractivity contribution in [1.29, 1.82) is 0 Å². The smallest absolute Gasteiger partial charge is 0.239 e. The summed E-state index contributed by atoms with van der Waals surface area (Å²) in [6.45, 7) is 4.61. The summed E-state index contributed by atoms with van der Waals surface area (Å²) < 4.78 is 10.8. The summed E-state index contributed by atoms with van der Waals surface area (Å²) in [4.78, 5) is 24.0. The first-order chi connectivity index (χ1) is 8.54. The van der Waals surface area contributed by atoms with Crippen molar-refractivity contribution in [2.75, 3.05) is 13.2 Å². The lowest BCUT2D eigenvalue weighted by Crippen LogP contribution is -2.23. The molecule has 0 unspecified atom stereocenters. The van der Waals surface area contributed by atoms with Crippen molar-refractivity contribution in [2.45, 2.75) is 26.7 Å². The maximum absolute atomic E-state index is 12.0. The highest BCUT2D eigenvalue weighted by Gasteiger charge is 2.35. The minimum absolute atomic E-state index is 0.0394. The second-order valence-corrected chi connectivity index (χ2v) is 5.23. The number of allylic oxidation sites excluding steroid dienone is 2. The predicted molar refractivity (Wildman–Crippen MR) is 74.4 cm³/mol. The molecule has 0 aromatic rings. The highest BCUT2D eigenvalue weighted by atomic mass is 79.9. The Labute approximate surface area is 123 Å². The molecule has 0 aromatic carbocycles. The van der Waals surface area contributed by atoms with Crippen LogP contribution in [0.3, 0.4) is 0 Å². The number of carbonyl (C=O) groups excluding carboxylic acids is 2. The predicted octanol–water partition coefficient (Wildman–Crippen LogP) is 3.20. The van der Waals surface area contributed by atoms with Gasteiger partial charge in [0.05, 0.1) is 13.2 Å². The van der Waals surface area contributed by atoms with Crippen molar-refractivity contribution in [3.05, 3.63) is 20.5 Å². The Hall–Kier alpha value is -0.620. The van der Waals surface area contributed by atoms with Crippen molar-refractivity contribution in [2.24, 2.45) is 0 Å². The van der Waals surface area contributed by atoms with Crippen LogP contribution in [0.25, 0.3) is 0 Å². The molecule has 0 bridgehead atoms. The molecule has 0 heterocycles. The molecule has 1 rings (SSSR count). The van der Waals surface area contributed by atoms with Crippen molar-refractivity contribution < 1.29 is 19.1 Å². The van der Waals surface area contributed by atoms with Gasteiger partial charge in [-0.3, -0.25) is 9.59 Å². The number of rotatable bonds is 6. The van der Waals surface area contributed by atoms with Gasteiger partial charge in [0.15, 0.2) is 11.5 Å². The van der Waals surface area contributed by atoms with E-state index in [1.807, 2.05) is 13.8 Å². The quantitative estimate of drug-likeness (QED) is 0.663. The fourth-order valence-corrected chi connectivity index (χ4v) is 2.22. The summed E-state index contributed by atoms with van der Waals surface area (Å²) in [5.41, 5.74) is 0. The van der Waals surface area contributed by atoms with E-state index in [1.54, 1.807) is 0 Å². The summed E-state index contributed by atoms with van der Waals surface area (Å²) in [5, 5.41) is 0. The monoisotopic (exact) mass is 380 g/mol. The zero-order chi connectivity index (χ0) is 13.7. The Balaban J connectivity index is 2.99. The Kier molecular flexibility index (Phi) is 6.08. The summed E-state index contributed by atoms with van der Waals surface area (Å²) in [6, 6.07) is 0. The third kappa shape index (κ3) is 3.23. The largest absolute Gasteiger partial charge is 0.488 e. The van der Waals surface area contributed by atoms with Gasteiger partial charge >= 0.3 is 0 Å². The zero-order valence-corrected chi connectivity index (χ0v) is 13.4. The van der Waals surface area contributed by atoms with E-state index in [0.717, 1.165) is 12.8 Å². The van der Waals surface area contributed by atoms with Crippen LogP contribution in [0.1, 0.15) is 26.7 Å². The maximum Gasteiger partial charge on any atom is 0.239 e. The lowest BCUT2D eigenvalue weighted by molar-refractivity contribution is -0.120. The van der Waals surface area contributed by atoms with Crippen molar-refractivity contribution in [3.8, 4) is 0 Å². The lowest BCUT2D eigenvalue weighted by Gasteiger charge is -2.18. The lowest BCUT2D eigenvalue weighted by atomic mass is 10.1. The van der Waals surface area contributed by atoms with E-state index >= 15 is 0 Å². The average Bonchev–Trinajstić information content (AvgIpc) is 2.37. The first kappa shape index (κ1) is 15.4. The molecule has 0 fully saturated rings. The zero-order valence-electron chi connectivity index (χ0n) is 10.2. The van der Waals surface area contributed by atoms with Crippen molar-refractivity contribution in [1.82, 2.24) is 0 Å². The van der Waals surface area contributed by atoms with Crippen LogP contribution < -0.4 is 0 Å². The molecule has 0 amide bonds. The van der Waals surface area contributed by atoms with Gasteiger partial charge in [-0.15, -0.1) is 0 Å². The first-order valence-electron chi connectivity index (χ1n) is 5.69. The molecule has 1 aliphatic rings. The topological polar surface area (TPSA) is 52.6 Å². The summed E-state index contributed by atoms with van der Waals surface area (Å²) >= 11 is 6.20. The molecule has 0 saturated heterocycles. The normalized spacial score (nSPS) is 16.4. The van der Waals surface area contributed by atoms with E-state index in [4.69, 9.17) is 9.47 Å². The van der Waals surface area contributed by atoms with Crippen molar-refractivity contribution >= 4 is 43.4 Å². The Morgan fingerprint density at radius 2 is 1.17 bits per heavy atom. The maximum atomic E-state index is 12.0. The first-order valence-corrected chi connectivity index (χ1v) is 7.27. The van der Waals surface area contributed by atoms with Crippen LogP contribution in [0.4, 0.5) is 0 Å². The standard InChI is InChI=1S/C12H14Br2O4/c1-3-5-17-11-7(13)10(16)12(18-6-4-2)8(14)9(11)15/h3-6H2,1-2H3. The highest BCUT2D eigenvalue weighted by Crippen LogP contribution is 2.32. The van der Waals surface area contributed by atoms with Crippen LogP contribution in [0.15, 0.2) is 20.5 Å². The number of carbonyl (C=O) groups is 2. The third-order valence-electron chi connectivity index (χ3n) is 2.11. The third-order valence-corrected chi connectivity index (χ3v) is 3.55. The molecule has 6 heteroatoms. The van der Waals surface area contributed by atoms with Gasteiger partial charge in [0.25, 0.3) is 0 Å². The molecule has 18 heavy (non-hydrogen) atoms. The van der Waals surface area contributed by atoms with Crippen LogP contribution in [0, 0.1) is 0 Å². The fourth-order valence-electron chi connectivity index (χ4n) is 1.27. The minimum Gasteiger partial charge on any atom is -0.488 e. The molecule has 0 saturated carbocycles. The van der Waals surface area contributed by atoms with Gasteiger partial charge in [0.1, 0.15) is 8.96 Å². The summed E-state index contributed by atoms with van der Waals surface area (Å²) in [7, 11) is 0. The van der Waals surface area contributed by atoms with E-state index in [0.29, 0.717) is 13.2 Å². The molecule has 0 atom stereocenters. The molecular formula is C12H14Br2O4. The molecule has 0 radical (unpaired) electrons. The second-order valence-electron chi connectivity index (χ2n) is 3.64. The fraction of sp³-hybridized carbons (Fsp3) is 0.500. The van der Waals surface area contributed by atoms with Crippen LogP contribution in [-0.2, 0) is 19.1 Å². The van der Waals surface area contributed by atoms with Gasteiger partial charge in [-0.1, -0.05) is 13.8 Å². The summed E-state index contributed by atoms with van der Waals surface area (Å²) in [6.07, 6.45) is 1.51. The molecule has 4 nitrogen and oxygen atoms in total. The minimum atomic E-state index is -0.374. The molecule has 0 spiro atoms. The van der Waals surface area contributed by atoms with E-state index < -0.39 is 0 Å². The molecule has 0 aromatic heterocycles. The molecule has 1 aliphatic carbocycles. The summed E-state index contributed by atoms with van der Waals surface area (Å²) in [5.74, 6) is -0.669. The van der Waals surface area contributed by atoms with Crippen LogP contribution >= 0.6 is 31.9 Å². The van der Waals surface area contributed by atoms with Crippen LogP contribution in [0.5, 0.6) is 0 Å². The van der Waals surface area contributed by atoms with Crippen molar-refractivity contribution in [3.63, 3.8) is 0 Å². The number of hydrogen-bond acceptors (Lipinski definition) is 4. The molecule has 0 N–H and O–H groups in total. The number of Topliss-reactive ketones (excluding diaryl/α,β-unsaturated/α-hetero) is 2. The molecule has 0 aliphatic heterocycles.